The van der Waals surface area contributed by atoms with Gasteiger partial charge in [0, 0.05) is 13.1 Å². The van der Waals surface area contributed by atoms with E-state index in [4.69, 9.17) is 0 Å². The summed E-state index contributed by atoms with van der Waals surface area (Å²) in [4.78, 5) is 30.5. The molecule has 0 saturated carbocycles. The summed E-state index contributed by atoms with van der Waals surface area (Å²) in [7, 11) is 0. The second-order valence-electron chi connectivity index (χ2n) is 6.34. The minimum absolute atomic E-state index is 0.0658. The van der Waals surface area contributed by atoms with Gasteiger partial charge in [0.2, 0.25) is 11.8 Å². The Morgan fingerprint density at radius 2 is 2.26 bits per heavy atom. The quantitative estimate of drug-likeness (QED) is 0.654. The Morgan fingerprint density at radius 1 is 1.48 bits per heavy atom. The lowest BCUT2D eigenvalue weighted by molar-refractivity contribution is -0.134. The van der Waals surface area contributed by atoms with Crippen LogP contribution in [0.5, 0.6) is 0 Å². The lowest BCUT2D eigenvalue weighted by Gasteiger charge is -2.35. The van der Waals surface area contributed by atoms with Gasteiger partial charge in [-0.25, -0.2) is 4.98 Å². The molecule has 1 atom stereocenters. The Morgan fingerprint density at radius 3 is 2.91 bits per heavy atom. The van der Waals surface area contributed by atoms with Crippen molar-refractivity contribution in [1.29, 1.82) is 0 Å². The summed E-state index contributed by atoms with van der Waals surface area (Å²) in [6.07, 6.45) is 1.18. The Bertz CT molecular complexity index is 542. The Kier molecular flexibility index (Phi) is 6.09. The molecule has 2 heterocycles. The molecule has 1 aromatic rings. The van der Waals surface area contributed by atoms with Gasteiger partial charge in [-0.3, -0.25) is 19.6 Å². The number of aromatic amines is 1. The first-order valence-electron chi connectivity index (χ1n) is 8.12. The first-order chi connectivity index (χ1) is 11.0. The summed E-state index contributed by atoms with van der Waals surface area (Å²) >= 11 is 0. The first-order valence-corrected chi connectivity index (χ1v) is 8.12. The average molecular weight is 322 g/mol. The molecule has 8 nitrogen and oxygen atoms in total. The third kappa shape index (κ3) is 5.31. The normalized spacial score (nSPS) is 19.0. The molecule has 0 bridgehead atoms. The smallest absolute Gasteiger partial charge is 0.237 e. The number of nitrogens with one attached hydrogen (secondary N) is 3. The Labute approximate surface area is 136 Å². The van der Waals surface area contributed by atoms with E-state index in [1.54, 1.807) is 6.92 Å². The van der Waals surface area contributed by atoms with Crippen molar-refractivity contribution in [1.82, 2.24) is 30.7 Å². The van der Waals surface area contributed by atoms with Crippen molar-refractivity contribution in [3.8, 4) is 0 Å². The molecule has 1 aliphatic rings. The van der Waals surface area contributed by atoms with Crippen LogP contribution in [0.3, 0.4) is 0 Å². The third-order valence-corrected chi connectivity index (χ3v) is 3.90. The number of aromatic nitrogens is 3. The maximum absolute atomic E-state index is 12.1. The molecule has 8 heteroatoms. The molecule has 1 aromatic heterocycles. The second kappa shape index (κ2) is 8.05. The number of amides is 2. The summed E-state index contributed by atoms with van der Waals surface area (Å²) in [6.45, 7) is 8.65. The van der Waals surface area contributed by atoms with Gasteiger partial charge in [-0.2, -0.15) is 5.10 Å². The number of rotatable bonds is 7. The Balaban J connectivity index is 1.86. The summed E-state index contributed by atoms with van der Waals surface area (Å²) in [5.41, 5.74) is 0. The summed E-state index contributed by atoms with van der Waals surface area (Å²) in [6, 6.07) is -0.392. The molecule has 1 saturated heterocycles. The van der Waals surface area contributed by atoms with Crippen LogP contribution in [0.25, 0.3) is 0 Å². The van der Waals surface area contributed by atoms with Crippen molar-refractivity contribution >= 4 is 11.8 Å². The number of nitrogens with zero attached hydrogens (tertiary/aromatic N) is 3. The maximum atomic E-state index is 12.1. The molecule has 128 valence electrons. The van der Waals surface area contributed by atoms with Crippen molar-refractivity contribution in [2.75, 3.05) is 19.6 Å². The van der Waals surface area contributed by atoms with E-state index in [9.17, 15) is 9.59 Å². The fourth-order valence-electron chi connectivity index (χ4n) is 2.57. The Hall–Kier alpha value is -1.96. The van der Waals surface area contributed by atoms with E-state index in [1.807, 2.05) is 0 Å². The molecule has 0 radical (unpaired) electrons. The number of carbonyl (C=O) groups is 2. The minimum atomic E-state index is -0.392. The first kappa shape index (κ1) is 17.4. The number of hydrogen-bond donors (Lipinski definition) is 3. The standard InChI is InChI=1S/C15H26N6O2/c1-10(2)4-6-21-7-5-16-15(23)12(21)8-14(22)17-9-13-18-11(3)19-20-13/h10,12H,4-9H2,1-3H3,(H,16,23)(H,17,22)(H,18,19,20)/t12-/m1/s1. The van der Waals surface area contributed by atoms with E-state index >= 15 is 0 Å². The zero-order valence-corrected chi connectivity index (χ0v) is 14.1. The van der Waals surface area contributed by atoms with Crippen molar-refractivity contribution in [3.63, 3.8) is 0 Å². The lowest BCUT2D eigenvalue weighted by atomic mass is 10.1. The number of hydrogen-bond acceptors (Lipinski definition) is 5. The van der Waals surface area contributed by atoms with Crippen molar-refractivity contribution in [2.45, 2.75) is 46.2 Å². The lowest BCUT2D eigenvalue weighted by Crippen LogP contribution is -2.56. The van der Waals surface area contributed by atoms with Crippen LogP contribution in [0.15, 0.2) is 0 Å². The van der Waals surface area contributed by atoms with Crippen LogP contribution in [-0.4, -0.2) is 57.6 Å². The molecule has 0 aromatic carbocycles. The highest BCUT2D eigenvalue weighted by Crippen LogP contribution is 2.12. The SMILES string of the molecule is Cc1nc(CNC(=O)C[C@@H]2C(=O)NCCN2CCC(C)C)n[nH]1. The van der Waals surface area contributed by atoms with E-state index in [-0.39, 0.29) is 24.8 Å². The zero-order chi connectivity index (χ0) is 16.8. The van der Waals surface area contributed by atoms with Crippen LogP contribution in [0.4, 0.5) is 0 Å². The number of piperazine rings is 1. The highest BCUT2D eigenvalue weighted by Gasteiger charge is 2.31. The summed E-state index contributed by atoms with van der Waals surface area (Å²) < 4.78 is 0. The van der Waals surface area contributed by atoms with Crippen LogP contribution >= 0.6 is 0 Å². The molecule has 0 spiro atoms. The summed E-state index contributed by atoms with van der Waals surface area (Å²) in [5, 5.41) is 12.3. The second-order valence-corrected chi connectivity index (χ2v) is 6.34. The topological polar surface area (TPSA) is 103 Å². The zero-order valence-electron chi connectivity index (χ0n) is 14.1. The summed E-state index contributed by atoms with van der Waals surface area (Å²) in [5.74, 6) is 1.60. The van der Waals surface area contributed by atoms with Gasteiger partial charge in [0.1, 0.15) is 5.82 Å². The van der Waals surface area contributed by atoms with Crippen molar-refractivity contribution < 1.29 is 9.59 Å². The van der Waals surface area contributed by atoms with Gasteiger partial charge < -0.3 is 10.6 Å². The largest absolute Gasteiger partial charge is 0.353 e. The van der Waals surface area contributed by atoms with Gasteiger partial charge in [0.05, 0.1) is 19.0 Å². The van der Waals surface area contributed by atoms with Crippen LogP contribution in [0.2, 0.25) is 0 Å². The number of aryl methyl sites for hydroxylation is 1. The van der Waals surface area contributed by atoms with Crippen LogP contribution < -0.4 is 10.6 Å². The molecule has 1 fully saturated rings. The highest BCUT2D eigenvalue weighted by atomic mass is 16.2. The molecule has 1 aliphatic heterocycles. The van der Waals surface area contributed by atoms with Gasteiger partial charge in [0.15, 0.2) is 5.82 Å². The average Bonchev–Trinajstić information content (AvgIpc) is 2.91. The van der Waals surface area contributed by atoms with E-state index in [1.165, 1.54) is 0 Å². The minimum Gasteiger partial charge on any atom is -0.353 e. The van der Waals surface area contributed by atoms with Gasteiger partial charge in [0.25, 0.3) is 0 Å². The van der Waals surface area contributed by atoms with Crippen LogP contribution in [0.1, 0.15) is 38.3 Å². The van der Waals surface area contributed by atoms with Crippen molar-refractivity contribution in [2.24, 2.45) is 5.92 Å². The third-order valence-electron chi connectivity index (χ3n) is 3.90. The highest BCUT2D eigenvalue weighted by molar-refractivity contribution is 5.88. The predicted octanol–water partition coefficient (Wildman–Crippen LogP) is -0.0341. The molecular weight excluding hydrogens is 296 g/mol. The number of H-pyrrole nitrogens is 1. The van der Waals surface area contributed by atoms with Crippen LogP contribution in [0, 0.1) is 12.8 Å². The molecule has 0 unspecified atom stereocenters. The predicted molar refractivity (Wildman–Crippen MR) is 85.4 cm³/mol. The van der Waals surface area contributed by atoms with Crippen LogP contribution in [-0.2, 0) is 16.1 Å². The van der Waals surface area contributed by atoms with Gasteiger partial charge in [-0.1, -0.05) is 13.8 Å². The van der Waals surface area contributed by atoms with E-state index < -0.39 is 6.04 Å². The maximum Gasteiger partial charge on any atom is 0.237 e. The molecule has 2 rings (SSSR count). The molecule has 23 heavy (non-hydrogen) atoms. The van der Waals surface area contributed by atoms with E-state index in [0.717, 1.165) is 19.5 Å². The molecule has 0 aliphatic carbocycles. The fraction of sp³-hybridized carbons (Fsp3) is 0.733. The van der Waals surface area contributed by atoms with Crippen molar-refractivity contribution in [3.05, 3.63) is 11.6 Å². The van der Waals surface area contributed by atoms with Gasteiger partial charge in [-0.05, 0) is 25.8 Å². The van der Waals surface area contributed by atoms with Gasteiger partial charge >= 0.3 is 0 Å². The molecular formula is C15H26N6O2. The van der Waals surface area contributed by atoms with Gasteiger partial charge in [-0.15, -0.1) is 0 Å². The monoisotopic (exact) mass is 322 g/mol. The molecule has 2 amide bonds. The van der Waals surface area contributed by atoms with E-state index in [2.05, 4.69) is 44.6 Å². The molecule has 3 N–H and O–H groups in total. The number of carbonyl (C=O) groups excluding carboxylic acids is 2. The fourth-order valence-corrected chi connectivity index (χ4v) is 2.57. The van der Waals surface area contributed by atoms with E-state index in [0.29, 0.717) is 24.1 Å².